The first-order valence-corrected chi connectivity index (χ1v) is 5.08. The lowest BCUT2D eigenvalue weighted by molar-refractivity contribution is -0.120. The Morgan fingerprint density at radius 1 is 1.12 bits per heavy atom. The Morgan fingerprint density at radius 3 is 2.18 bits per heavy atom. The maximum absolute atomic E-state index is 11.3. The first kappa shape index (κ1) is 13.5. The number of hydrogen-bond donors (Lipinski definition) is 3. The minimum absolute atomic E-state index is 0. The summed E-state index contributed by atoms with van der Waals surface area (Å²) in [7, 11) is 0. The van der Waals surface area contributed by atoms with Gasteiger partial charge in [-0.2, -0.15) is 0 Å². The zero-order valence-electron chi connectivity index (χ0n) is 9.10. The first-order valence-electron chi connectivity index (χ1n) is 5.08. The quantitative estimate of drug-likeness (QED) is 0.680. The Labute approximate surface area is 105 Å². The summed E-state index contributed by atoms with van der Waals surface area (Å²) >= 11 is 0. The number of nitrogens with two attached hydrogens (primary N) is 1. The van der Waals surface area contributed by atoms with Gasteiger partial charge in [0.05, 0.1) is 0 Å². The van der Waals surface area contributed by atoms with E-state index in [4.69, 9.17) is 5.73 Å². The molecule has 2 rings (SSSR count). The monoisotopic (exact) mass is 255 g/mol. The van der Waals surface area contributed by atoms with Crippen LogP contribution in [0.3, 0.4) is 0 Å². The summed E-state index contributed by atoms with van der Waals surface area (Å²) in [6.45, 7) is 0.501. The first-order chi connectivity index (χ1) is 7.69. The van der Waals surface area contributed by atoms with E-state index in [9.17, 15) is 9.59 Å². The van der Waals surface area contributed by atoms with Crippen LogP contribution in [0.15, 0.2) is 24.3 Å². The van der Waals surface area contributed by atoms with Gasteiger partial charge in [0.15, 0.2) is 0 Å². The number of benzene rings is 1. The predicted octanol–water partition coefficient (Wildman–Crippen LogP) is 0.318. The van der Waals surface area contributed by atoms with Crippen LogP contribution in [0.1, 0.15) is 11.1 Å². The standard InChI is InChI=1S/C11H13N3O2.ClH/c12-6-8-3-1-7(2-4-8)5-9-10(15)14-11(16)13-9;/h1-4,9H,5-6,12H2,(H2,13,14,15,16);1H. The third-order valence-corrected chi connectivity index (χ3v) is 2.56. The van der Waals surface area contributed by atoms with E-state index in [0.29, 0.717) is 13.0 Å². The molecule has 1 aliphatic rings. The van der Waals surface area contributed by atoms with Gasteiger partial charge < -0.3 is 11.1 Å². The Bertz CT molecular complexity index is 419. The summed E-state index contributed by atoms with van der Waals surface area (Å²) in [5, 5.41) is 4.76. The van der Waals surface area contributed by atoms with Crippen molar-refractivity contribution in [3.05, 3.63) is 35.4 Å². The minimum Gasteiger partial charge on any atom is -0.326 e. The highest BCUT2D eigenvalue weighted by molar-refractivity contribution is 6.04. The third-order valence-electron chi connectivity index (χ3n) is 2.56. The number of hydrogen-bond acceptors (Lipinski definition) is 3. The normalized spacial score (nSPS) is 18.3. The predicted molar refractivity (Wildman–Crippen MR) is 65.7 cm³/mol. The fraction of sp³-hybridized carbons (Fsp3) is 0.273. The van der Waals surface area contributed by atoms with Crippen molar-refractivity contribution in [1.82, 2.24) is 10.6 Å². The molecule has 0 aromatic heterocycles. The number of rotatable bonds is 3. The Balaban J connectivity index is 0.00000144. The van der Waals surface area contributed by atoms with Gasteiger partial charge in [0.25, 0.3) is 5.91 Å². The minimum atomic E-state index is -0.462. The molecule has 1 aromatic rings. The average molecular weight is 256 g/mol. The van der Waals surface area contributed by atoms with E-state index in [1.54, 1.807) is 0 Å². The van der Waals surface area contributed by atoms with Gasteiger partial charge >= 0.3 is 6.03 Å². The molecule has 1 atom stereocenters. The zero-order chi connectivity index (χ0) is 11.5. The van der Waals surface area contributed by atoms with Gasteiger partial charge in [0.1, 0.15) is 6.04 Å². The van der Waals surface area contributed by atoms with E-state index in [1.165, 1.54) is 0 Å². The number of amides is 3. The second-order valence-electron chi connectivity index (χ2n) is 3.74. The van der Waals surface area contributed by atoms with Crippen molar-refractivity contribution in [1.29, 1.82) is 0 Å². The van der Waals surface area contributed by atoms with Gasteiger partial charge in [0.2, 0.25) is 0 Å². The highest BCUT2D eigenvalue weighted by Gasteiger charge is 2.29. The van der Waals surface area contributed by atoms with E-state index in [2.05, 4.69) is 10.6 Å². The highest BCUT2D eigenvalue weighted by atomic mass is 35.5. The molecule has 0 radical (unpaired) electrons. The van der Waals surface area contributed by atoms with Crippen LogP contribution >= 0.6 is 12.4 Å². The summed E-state index contributed by atoms with van der Waals surface area (Å²) < 4.78 is 0. The van der Waals surface area contributed by atoms with Crippen LogP contribution in [0, 0.1) is 0 Å². The fourth-order valence-corrected chi connectivity index (χ4v) is 1.65. The summed E-state index contributed by atoms with van der Waals surface area (Å²) in [4.78, 5) is 22.2. The van der Waals surface area contributed by atoms with Gasteiger partial charge in [0, 0.05) is 13.0 Å². The molecule has 17 heavy (non-hydrogen) atoms. The number of nitrogens with one attached hydrogen (secondary N) is 2. The molecule has 1 heterocycles. The zero-order valence-corrected chi connectivity index (χ0v) is 9.92. The Kier molecular flexibility index (Phi) is 4.48. The van der Waals surface area contributed by atoms with E-state index in [-0.39, 0.29) is 18.3 Å². The van der Waals surface area contributed by atoms with E-state index < -0.39 is 12.1 Å². The number of carbonyl (C=O) groups excluding carboxylic acids is 2. The maximum atomic E-state index is 11.3. The largest absolute Gasteiger partial charge is 0.326 e. The summed E-state index contributed by atoms with van der Waals surface area (Å²) in [5.74, 6) is -0.270. The smallest absolute Gasteiger partial charge is 0.322 e. The lowest BCUT2D eigenvalue weighted by atomic mass is 10.0. The summed E-state index contributed by atoms with van der Waals surface area (Å²) in [6, 6.07) is 6.79. The maximum Gasteiger partial charge on any atom is 0.322 e. The lowest BCUT2D eigenvalue weighted by Crippen LogP contribution is -2.31. The highest BCUT2D eigenvalue weighted by Crippen LogP contribution is 2.08. The molecule has 4 N–H and O–H groups in total. The molecule has 1 fully saturated rings. The van der Waals surface area contributed by atoms with Crippen molar-refractivity contribution in [3.8, 4) is 0 Å². The molecule has 0 spiro atoms. The molecule has 0 saturated carbocycles. The van der Waals surface area contributed by atoms with Crippen LogP contribution in [0.25, 0.3) is 0 Å². The molecule has 92 valence electrons. The summed E-state index contributed by atoms with van der Waals surface area (Å²) in [5.41, 5.74) is 7.53. The number of urea groups is 1. The van der Waals surface area contributed by atoms with Crippen LogP contribution in [0.4, 0.5) is 4.79 Å². The molecular formula is C11H14ClN3O2. The molecule has 5 nitrogen and oxygen atoms in total. The molecule has 1 aromatic carbocycles. The average Bonchev–Trinajstić information content (AvgIpc) is 2.59. The van der Waals surface area contributed by atoms with E-state index >= 15 is 0 Å². The molecule has 6 heteroatoms. The molecule has 0 bridgehead atoms. The molecule has 3 amide bonds. The lowest BCUT2D eigenvalue weighted by Gasteiger charge is -2.07. The fourth-order valence-electron chi connectivity index (χ4n) is 1.65. The van der Waals surface area contributed by atoms with Gasteiger partial charge in [-0.3, -0.25) is 10.1 Å². The van der Waals surface area contributed by atoms with Gasteiger partial charge in [-0.25, -0.2) is 4.79 Å². The van der Waals surface area contributed by atoms with Gasteiger partial charge in [-0.15, -0.1) is 12.4 Å². The molecule has 1 saturated heterocycles. The molecule has 1 unspecified atom stereocenters. The van der Waals surface area contributed by atoms with Gasteiger partial charge in [-0.1, -0.05) is 24.3 Å². The van der Waals surface area contributed by atoms with Crippen molar-refractivity contribution >= 4 is 24.3 Å². The number of carbonyl (C=O) groups is 2. The molecular weight excluding hydrogens is 242 g/mol. The van der Waals surface area contributed by atoms with Crippen molar-refractivity contribution in [2.75, 3.05) is 0 Å². The Morgan fingerprint density at radius 2 is 1.71 bits per heavy atom. The molecule has 1 aliphatic heterocycles. The second-order valence-corrected chi connectivity index (χ2v) is 3.74. The van der Waals surface area contributed by atoms with Crippen molar-refractivity contribution in [2.45, 2.75) is 19.0 Å². The van der Waals surface area contributed by atoms with Crippen LogP contribution in [0.2, 0.25) is 0 Å². The third kappa shape index (κ3) is 3.18. The SMILES string of the molecule is Cl.NCc1ccc(CC2NC(=O)NC2=O)cc1. The van der Waals surface area contributed by atoms with Crippen molar-refractivity contribution in [2.24, 2.45) is 5.73 Å². The van der Waals surface area contributed by atoms with Crippen molar-refractivity contribution in [3.63, 3.8) is 0 Å². The van der Waals surface area contributed by atoms with Crippen molar-refractivity contribution < 1.29 is 9.59 Å². The Hall–Kier alpha value is -1.59. The van der Waals surface area contributed by atoms with E-state index in [0.717, 1.165) is 11.1 Å². The van der Waals surface area contributed by atoms with Crippen LogP contribution in [0.5, 0.6) is 0 Å². The topological polar surface area (TPSA) is 84.2 Å². The second kappa shape index (κ2) is 5.65. The van der Waals surface area contributed by atoms with Crippen LogP contribution in [-0.4, -0.2) is 18.0 Å². The van der Waals surface area contributed by atoms with E-state index in [1.807, 2.05) is 24.3 Å². The van der Waals surface area contributed by atoms with Crippen LogP contribution in [-0.2, 0) is 17.8 Å². The van der Waals surface area contributed by atoms with Crippen LogP contribution < -0.4 is 16.4 Å². The van der Waals surface area contributed by atoms with Gasteiger partial charge in [-0.05, 0) is 11.1 Å². The number of halogens is 1. The molecule has 0 aliphatic carbocycles. The summed E-state index contributed by atoms with van der Waals surface area (Å²) in [6.07, 6.45) is 0.502. The number of imide groups is 1.